The number of pyridine rings is 1. The highest BCUT2D eigenvalue weighted by atomic mass is 79.9. The molecule has 0 aliphatic rings. The summed E-state index contributed by atoms with van der Waals surface area (Å²) in [5.74, 6) is 0. The Bertz CT molecular complexity index is 429. The summed E-state index contributed by atoms with van der Waals surface area (Å²) in [6.45, 7) is 0. The van der Waals surface area contributed by atoms with Crippen molar-refractivity contribution < 1.29 is 0 Å². The molecule has 0 bridgehead atoms. The normalized spacial score (nSPS) is 12.7. The molecular weight excluding hydrogens is 294 g/mol. The van der Waals surface area contributed by atoms with Crippen LogP contribution in [0.3, 0.4) is 0 Å². The molecule has 0 saturated carbocycles. The predicted molar refractivity (Wildman–Crippen MR) is 68.9 cm³/mol. The second-order valence-corrected chi connectivity index (χ2v) is 5.99. The van der Waals surface area contributed by atoms with Crippen LogP contribution in [0.5, 0.6) is 0 Å². The van der Waals surface area contributed by atoms with Crippen molar-refractivity contribution in [3.63, 3.8) is 0 Å². The highest BCUT2D eigenvalue weighted by Crippen LogP contribution is 2.33. The number of rotatable bonds is 3. The van der Waals surface area contributed by atoms with Crippen molar-refractivity contribution in [1.82, 2.24) is 4.98 Å². The van der Waals surface area contributed by atoms with Gasteiger partial charge >= 0.3 is 0 Å². The fraction of sp³-hybridized carbons (Fsp3) is 0.182. The summed E-state index contributed by atoms with van der Waals surface area (Å²) in [5.41, 5.74) is 1.09. The summed E-state index contributed by atoms with van der Waals surface area (Å²) < 4.78 is 0.829. The van der Waals surface area contributed by atoms with E-state index in [0.29, 0.717) is 4.83 Å². The van der Waals surface area contributed by atoms with E-state index < -0.39 is 0 Å². The van der Waals surface area contributed by atoms with Crippen molar-refractivity contribution in [3.05, 3.63) is 51.4 Å². The van der Waals surface area contributed by atoms with Gasteiger partial charge in [0.05, 0.1) is 9.16 Å². The zero-order chi connectivity index (χ0) is 10.7. The largest absolute Gasteiger partial charge is 0.261 e. The maximum atomic E-state index is 5.89. The molecule has 0 saturated heterocycles. The molecule has 0 radical (unpaired) electrons. The van der Waals surface area contributed by atoms with Crippen LogP contribution >= 0.6 is 38.9 Å². The van der Waals surface area contributed by atoms with E-state index in [1.54, 1.807) is 11.3 Å². The highest BCUT2D eigenvalue weighted by molar-refractivity contribution is 9.09. The van der Waals surface area contributed by atoms with Gasteiger partial charge < -0.3 is 0 Å². The van der Waals surface area contributed by atoms with Gasteiger partial charge in [-0.3, -0.25) is 4.98 Å². The summed E-state index contributed by atoms with van der Waals surface area (Å²) in [7, 11) is 0. The van der Waals surface area contributed by atoms with Gasteiger partial charge in [-0.2, -0.15) is 0 Å². The third-order valence-corrected chi connectivity index (χ3v) is 4.48. The molecule has 0 amide bonds. The third-order valence-electron chi connectivity index (χ3n) is 2.02. The van der Waals surface area contributed by atoms with Crippen LogP contribution in [0.1, 0.15) is 15.4 Å². The molecule has 78 valence electrons. The molecule has 4 heteroatoms. The first-order chi connectivity index (χ1) is 7.25. The van der Waals surface area contributed by atoms with Gasteiger partial charge in [0.15, 0.2) is 0 Å². The summed E-state index contributed by atoms with van der Waals surface area (Å²) in [6, 6.07) is 9.94. The lowest BCUT2D eigenvalue weighted by Gasteiger charge is -2.06. The Hall–Kier alpha value is -0.380. The van der Waals surface area contributed by atoms with E-state index in [9.17, 15) is 0 Å². The summed E-state index contributed by atoms with van der Waals surface area (Å²) >= 11 is 11.1. The molecule has 0 aliphatic heterocycles. The average molecular weight is 303 g/mol. The van der Waals surface area contributed by atoms with Crippen molar-refractivity contribution in [2.24, 2.45) is 0 Å². The van der Waals surface area contributed by atoms with E-state index in [4.69, 9.17) is 11.6 Å². The Morgan fingerprint density at radius 1 is 1.33 bits per heavy atom. The van der Waals surface area contributed by atoms with Crippen molar-refractivity contribution in [2.75, 3.05) is 0 Å². The van der Waals surface area contributed by atoms with E-state index in [1.165, 1.54) is 4.88 Å². The van der Waals surface area contributed by atoms with Gasteiger partial charge in [-0.05, 0) is 24.3 Å². The topological polar surface area (TPSA) is 12.9 Å². The fourth-order valence-electron chi connectivity index (χ4n) is 1.30. The van der Waals surface area contributed by atoms with E-state index in [1.807, 2.05) is 30.5 Å². The first-order valence-electron chi connectivity index (χ1n) is 4.55. The van der Waals surface area contributed by atoms with Crippen LogP contribution in [-0.4, -0.2) is 4.98 Å². The molecule has 0 spiro atoms. The van der Waals surface area contributed by atoms with Crippen molar-refractivity contribution in [2.45, 2.75) is 11.2 Å². The summed E-state index contributed by atoms with van der Waals surface area (Å²) in [6.07, 6.45) is 2.70. The minimum Gasteiger partial charge on any atom is -0.261 e. The molecule has 2 aromatic rings. The molecule has 15 heavy (non-hydrogen) atoms. The van der Waals surface area contributed by atoms with E-state index in [2.05, 4.69) is 27.0 Å². The first-order valence-corrected chi connectivity index (χ1v) is 6.66. The van der Waals surface area contributed by atoms with Gasteiger partial charge in [0.25, 0.3) is 0 Å². The number of alkyl halides is 1. The Labute approximate surface area is 106 Å². The Balaban J connectivity index is 2.07. The van der Waals surface area contributed by atoms with Crippen LogP contribution in [0.2, 0.25) is 4.34 Å². The lowest BCUT2D eigenvalue weighted by Crippen LogP contribution is -1.94. The summed E-state index contributed by atoms with van der Waals surface area (Å²) in [5, 5.41) is 0. The minimum atomic E-state index is 0.296. The molecule has 0 aromatic carbocycles. The molecule has 1 nitrogen and oxygen atoms in total. The van der Waals surface area contributed by atoms with Crippen LogP contribution in [0, 0.1) is 0 Å². The second-order valence-electron chi connectivity index (χ2n) is 3.13. The van der Waals surface area contributed by atoms with Crippen molar-refractivity contribution in [3.8, 4) is 0 Å². The highest BCUT2D eigenvalue weighted by Gasteiger charge is 2.11. The Morgan fingerprint density at radius 2 is 2.20 bits per heavy atom. The van der Waals surface area contributed by atoms with Crippen LogP contribution in [0.4, 0.5) is 0 Å². The zero-order valence-corrected chi connectivity index (χ0v) is 11.0. The molecule has 1 unspecified atom stereocenters. The van der Waals surface area contributed by atoms with Crippen molar-refractivity contribution >= 4 is 38.9 Å². The lowest BCUT2D eigenvalue weighted by atomic mass is 10.2. The molecule has 1 atom stereocenters. The molecule has 2 heterocycles. The van der Waals surface area contributed by atoms with E-state index in [0.717, 1.165) is 16.5 Å². The third kappa shape index (κ3) is 3.03. The predicted octanol–water partition coefficient (Wildman–Crippen LogP) is 4.48. The van der Waals surface area contributed by atoms with Gasteiger partial charge in [-0.15, -0.1) is 11.3 Å². The van der Waals surface area contributed by atoms with Gasteiger partial charge in [0.2, 0.25) is 0 Å². The number of hydrogen-bond acceptors (Lipinski definition) is 2. The van der Waals surface area contributed by atoms with Gasteiger partial charge in [-0.25, -0.2) is 0 Å². The molecule has 0 N–H and O–H groups in total. The minimum absolute atomic E-state index is 0.296. The SMILES string of the molecule is Clc1ccc(C(Br)Cc2ccccn2)s1. The second kappa shape index (κ2) is 5.10. The van der Waals surface area contributed by atoms with Crippen LogP contribution in [0.25, 0.3) is 0 Å². The number of hydrogen-bond donors (Lipinski definition) is 0. The quantitative estimate of drug-likeness (QED) is 0.762. The fourth-order valence-corrected chi connectivity index (χ4v) is 3.10. The molecular formula is C11H9BrClNS. The molecule has 0 fully saturated rings. The molecule has 2 rings (SSSR count). The monoisotopic (exact) mass is 301 g/mol. The maximum Gasteiger partial charge on any atom is 0.0931 e. The smallest absolute Gasteiger partial charge is 0.0931 e. The van der Waals surface area contributed by atoms with Crippen LogP contribution in [0.15, 0.2) is 36.5 Å². The average Bonchev–Trinajstić information content (AvgIpc) is 2.66. The van der Waals surface area contributed by atoms with E-state index >= 15 is 0 Å². The number of halogens is 2. The number of thiophene rings is 1. The molecule has 2 aromatic heterocycles. The van der Waals surface area contributed by atoms with Gasteiger partial charge in [0.1, 0.15) is 0 Å². The standard InChI is InChI=1S/C11H9BrClNS/c12-9(10-4-5-11(13)15-10)7-8-3-1-2-6-14-8/h1-6,9H,7H2. The number of aromatic nitrogens is 1. The zero-order valence-electron chi connectivity index (χ0n) is 7.86. The Kier molecular flexibility index (Phi) is 3.78. The summed E-state index contributed by atoms with van der Waals surface area (Å²) in [4.78, 5) is 5.83. The first kappa shape index (κ1) is 11.1. The Morgan fingerprint density at radius 3 is 2.80 bits per heavy atom. The van der Waals surface area contributed by atoms with Crippen LogP contribution < -0.4 is 0 Å². The lowest BCUT2D eigenvalue weighted by molar-refractivity contribution is 0.920. The van der Waals surface area contributed by atoms with Crippen LogP contribution in [-0.2, 0) is 6.42 Å². The van der Waals surface area contributed by atoms with E-state index in [-0.39, 0.29) is 0 Å². The molecule has 0 aliphatic carbocycles. The maximum absolute atomic E-state index is 5.89. The van der Waals surface area contributed by atoms with Crippen molar-refractivity contribution in [1.29, 1.82) is 0 Å². The number of nitrogens with zero attached hydrogens (tertiary/aromatic N) is 1. The van der Waals surface area contributed by atoms with Gasteiger partial charge in [-0.1, -0.05) is 33.6 Å². The van der Waals surface area contributed by atoms with Gasteiger partial charge in [0, 0.05) is 23.2 Å².